The lowest BCUT2D eigenvalue weighted by molar-refractivity contribution is 0.0848. The third kappa shape index (κ3) is 3.57. The van der Waals surface area contributed by atoms with Crippen molar-refractivity contribution < 1.29 is 4.74 Å². The van der Waals surface area contributed by atoms with Gasteiger partial charge in [0, 0.05) is 11.3 Å². The van der Waals surface area contributed by atoms with E-state index in [-0.39, 0.29) is 0 Å². The van der Waals surface area contributed by atoms with Crippen LogP contribution in [0.2, 0.25) is 0 Å². The Morgan fingerprint density at radius 3 is 1.73 bits per heavy atom. The van der Waals surface area contributed by atoms with Gasteiger partial charge in [0.1, 0.15) is 5.60 Å². The van der Waals surface area contributed by atoms with Gasteiger partial charge in [-0.15, -0.1) is 0 Å². The molecule has 0 bridgehead atoms. The topological polar surface area (TPSA) is 30.3 Å². The minimum atomic E-state index is -0.574. The van der Waals surface area contributed by atoms with Crippen molar-refractivity contribution in [3.63, 3.8) is 0 Å². The van der Waals surface area contributed by atoms with Crippen molar-refractivity contribution in [2.75, 3.05) is 4.90 Å². The van der Waals surface area contributed by atoms with E-state index in [9.17, 15) is 0 Å². The first-order valence-corrected chi connectivity index (χ1v) is 15.5. The maximum absolute atomic E-state index is 6.59. The van der Waals surface area contributed by atoms with E-state index in [2.05, 4.69) is 163 Å². The van der Waals surface area contributed by atoms with Gasteiger partial charge in [0.15, 0.2) is 0 Å². The largest absolute Gasteiger partial charge is 0.453 e. The van der Waals surface area contributed by atoms with E-state index < -0.39 is 11.0 Å². The third-order valence-electron chi connectivity index (χ3n) is 9.52. The molecule has 4 nitrogen and oxygen atoms in total. The lowest BCUT2D eigenvalue weighted by atomic mass is 9.62. The zero-order chi connectivity index (χ0) is 30.2. The van der Waals surface area contributed by atoms with E-state index in [0.29, 0.717) is 6.01 Å². The first kappa shape index (κ1) is 25.8. The Morgan fingerprint density at radius 2 is 1.09 bits per heavy atom. The highest BCUT2D eigenvalue weighted by Crippen LogP contribution is 2.58. The molecule has 2 aliphatic heterocycles. The zero-order valence-electron chi connectivity index (χ0n) is 25.2. The number of rotatable bonds is 3. The van der Waals surface area contributed by atoms with Crippen molar-refractivity contribution in [1.29, 1.82) is 0 Å². The average molecular weight is 582 g/mol. The maximum atomic E-state index is 6.59. The second kappa shape index (κ2) is 9.44. The first-order chi connectivity index (χ1) is 22.1. The molecule has 7 aromatic rings. The average Bonchev–Trinajstić information content (AvgIpc) is 3.45. The number of imidazole rings is 1. The van der Waals surface area contributed by atoms with Crippen LogP contribution in [0.25, 0.3) is 16.7 Å². The molecule has 0 N–H and O–H groups in total. The molecule has 9 rings (SSSR count). The Morgan fingerprint density at radius 1 is 0.533 bits per heavy atom. The van der Waals surface area contributed by atoms with Crippen molar-refractivity contribution in [3.05, 3.63) is 179 Å². The molecule has 0 radical (unpaired) electrons. The number of para-hydroxylation sites is 4. The molecule has 0 atom stereocenters. The van der Waals surface area contributed by atoms with E-state index in [1.165, 1.54) is 22.3 Å². The lowest BCUT2D eigenvalue weighted by Gasteiger charge is -2.46. The number of anilines is 3. The highest BCUT2D eigenvalue weighted by molar-refractivity contribution is 5.90. The van der Waals surface area contributed by atoms with Crippen LogP contribution in [-0.4, -0.2) is 9.55 Å². The summed E-state index contributed by atoms with van der Waals surface area (Å²) in [5.41, 5.74) is 11.5. The predicted molar refractivity (Wildman–Crippen MR) is 181 cm³/mol. The molecule has 0 aliphatic carbocycles. The zero-order valence-corrected chi connectivity index (χ0v) is 25.2. The van der Waals surface area contributed by atoms with E-state index >= 15 is 0 Å². The number of nitrogens with zero attached hydrogens (tertiary/aromatic N) is 3. The van der Waals surface area contributed by atoms with Crippen LogP contribution in [0.3, 0.4) is 0 Å². The van der Waals surface area contributed by atoms with Crippen molar-refractivity contribution in [2.24, 2.45) is 0 Å². The van der Waals surface area contributed by atoms with Gasteiger partial charge in [0.05, 0.1) is 33.5 Å². The summed E-state index contributed by atoms with van der Waals surface area (Å²) in [6.07, 6.45) is 0. The summed E-state index contributed by atoms with van der Waals surface area (Å²) in [7, 11) is 0. The lowest BCUT2D eigenvalue weighted by Crippen LogP contribution is -2.38. The van der Waals surface area contributed by atoms with Crippen LogP contribution in [0.15, 0.2) is 152 Å². The Hall–Kier alpha value is -5.61. The second-order valence-electron chi connectivity index (χ2n) is 12.4. The quantitative estimate of drug-likeness (QED) is 0.208. The molecular weight excluding hydrogens is 550 g/mol. The highest BCUT2D eigenvalue weighted by atomic mass is 16.5. The van der Waals surface area contributed by atoms with Gasteiger partial charge >= 0.3 is 6.01 Å². The third-order valence-corrected chi connectivity index (χ3v) is 9.52. The van der Waals surface area contributed by atoms with Crippen LogP contribution in [0.1, 0.15) is 41.7 Å². The molecule has 216 valence electrons. The van der Waals surface area contributed by atoms with Crippen LogP contribution in [-0.2, 0) is 11.0 Å². The van der Waals surface area contributed by atoms with Gasteiger partial charge in [-0.05, 0) is 78.6 Å². The fraction of sp³-hybridized carbons (Fsp3) is 0.0976. The Kier molecular flexibility index (Phi) is 5.42. The Balaban J connectivity index is 1.32. The van der Waals surface area contributed by atoms with Gasteiger partial charge in [-0.3, -0.25) is 4.57 Å². The minimum Gasteiger partial charge on any atom is -0.453 e. The van der Waals surface area contributed by atoms with Crippen molar-refractivity contribution >= 4 is 28.1 Å². The molecule has 45 heavy (non-hydrogen) atoms. The first-order valence-electron chi connectivity index (χ1n) is 15.5. The number of hydrogen-bond acceptors (Lipinski definition) is 3. The SMILES string of the molecule is CC1(C)Oc2nc3ccccc3n2-c2ccc(N3c4ccccc4C(c4ccccc4)(c4ccccc4)c4ccccc43)cc21. The molecule has 0 unspecified atom stereocenters. The van der Waals surface area contributed by atoms with Crippen LogP contribution >= 0.6 is 0 Å². The Bertz CT molecular complexity index is 2140. The van der Waals surface area contributed by atoms with Crippen molar-refractivity contribution in [2.45, 2.75) is 24.9 Å². The molecule has 0 fully saturated rings. The molecular formula is C41H31N3O. The normalized spacial score (nSPS) is 15.4. The standard InChI is InChI=1S/C41H31N3O/c1-40(2)33-27-30(25-26-37(33)44-38-24-14-11-21-34(38)42-39(44)45-40)43-35-22-12-9-19-31(35)41(28-15-5-3-6-16-28,29-17-7-4-8-18-29)32-20-10-13-23-36(32)43/h3-27H,1-2H3. The maximum Gasteiger partial charge on any atom is 0.303 e. The fourth-order valence-corrected chi connectivity index (χ4v) is 7.62. The van der Waals surface area contributed by atoms with Crippen molar-refractivity contribution in [3.8, 4) is 11.7 Å². The molecule has 2 aliphatic rings. The summed E-state index contributed by atoms with van der Waals surface area (Å²) < 4.78 is 8.74. The summed E-state index contributed by atoms with van der Waals surface area (Å²) >= 11 is 0. The van der Waals surface area contributed by atoms with E-state index in [1.807, 2.05) is 12.1 Å². The predicted octanol–water partition coefficient (Wildman–Crippen LogP) is 9.82. The summed E-state index contributed by atoms with van der Waals surface area (Å²) in [6.45, 7) is 4.26. The van der Waals surface area contributed by atoms with Crippen LogP contribution in [0.4, 0.5) is 17.1 Å². The molecule has 0 amide bonds. The van der Waals surface area contributed by atoms with Gasteiger partial charge in [0.25, 0.3) is 0 Å². The molecule has 0 spiro atoms. The number of fused-ring (bicyclic) bond motifs is 7. The van der Waals surface area contributed by atoms with Gasteiger partial charge in [-0.25, -0.2) is 0 Å². The van der Waals surface area contributed by atoms with Crippen LogP contribution in [0.5, 0.6) is 6.01 Å². The van der Waals surface area contributed by atoms with Gasteiger partial charge < -0.3 is 9.64 Å². The summed E-state index contributed by atoms with van der Waals surface area (Å²) in [5.74, 6) is 0. The monoisotopic (exact) mass is 581 g/mol. The van der Waals surface area contributed by atoms with E-state index in [1.54, 1.807) is 0 Å². The number of ether oxygens (including phenoxy) is 1. The minimum absolute atomic E-state index is 0.493. The van der Waals surface area contributed by atoms with Crippen molar-refractivity contribution in [1.82, 2.24) is 9.55 Å². The van der Waals surface area contributed by atoms with Crippen LogP contribution in [0, 0.1) is 0 Å². The van der Waals surface area contributed by atoms with E-state index in [0.717, 1.165) is 39.3 Å². The summed E-state index contributed by atoms with van der Waals surface area (Å²) in [5, 5.41) is 0. The number of aromatic nitrogens is 2. The summed E-state index contributed by atoms with van der Waals surface area (Å²) in [4.78, 5) is 7.25. The second-order valence-corrected chi connectivity index (χ2v) is 12.4. The smallest absolute Gasteiger partial charge is 0.303 e. The molecule has 6 aromatic carbocycles. The fourth-order valence-electron chi connectivity index (χ4n) is 7.62. The van der Waals surface area contributed by atoms with Crippen LogP contribution < -0.4 is 9.64 Å². The van der Waals surface area contributed by atoms with Gasteiger partial charge in [0.2, 0.25) is 0 Å². The number of benzene rings is 6. The van der Waals surface area contributed by atoms with E-state index in [4.69, 9.17) is 9.72 Å². The van der Waals surface area contributed by atoms with Gasteiger partial charge in [-0.2, -0.15) is 4.98 Å². The Labute approximate surface area is 262 Å². The number of hydrogen-bond donors (Lipinski definition) is 0. The van der Waals surface area contributed by atoms with Gasteiger partial charge in [-0.1, -0.05) is 109 Å². The highest BCUT2D eigenvalue weighted by Gasteiger charge is 2.46. The molecule has 3 heterocycles. The molecule has 0 saturated heterocycles. The molecule has 4 heteroatoms. The summed E-state index contributed by atoms with van der Waals surface area (Å²) in [6, 6.07) is 55.2. The molecule has 1 aromatic heterocycles. The molecule has 0 saturated carbocycles.